The van der Waals surface area contributed by atoms with Gasteiger partial charge >= 0.3 is 0 Å². The first kappa shape index (κ1) is 12.8. The van der Waals surface area contributed by atoms with Gasteiger partial charge in [-0.05, 0) is 37.6 Å². The van der Waals surface area contributed by atoms with Crippen molar-refractivity contribution in [1.29, 1.82) is 0 Å². The fourth-order valence-electron chi connectivity index (χ4n) is 1.36. The van der Waals surface area contributed by atoms with Gasteiger partial charge in [0.1, 0.15) is 0 Å². The Kier molecular flexibility index (Phi) is 5.37. The van der Waals surface area contributed by atoms with Crippen LogP contribution < -0.4 is 5.32 Å². The molecule has 1 atom stereocenters. The van der Waals surface area contributed by atoms with Crippen molar-refractivity contribution in [2.75, 3.05) is 6.54 Å². The fraction of sp³-hybridized carbons (Fsp3) is 0.333. The largest absolute Gasteiger partial charge is 0.310 e. The van der Waals surface area contributed by atoms with Crippen LogP contribution in [0.15, 0.2) is 35.3 Å². The molecule has 0 saturated heterocycles. The molecule has 0 aliphatic heterocycles. The molecule has 0 aliphatic rings. The standard InChI is InChI=1S/C12H15BrClN/c1-3-4-7-15-9(2)11-6-5-10(13)8-12(11)14/h3,5-6,8-9,15H,1,4,7H2,2H3. The molecule has 0 saturated carbocycles. The number of nitrogens with one attached hydrogen (secondary N) is 1. The lowest BCUT2D eigenvalue weighted by Gasteiger charge is -2.15. The van der Waals surface area contributed by atoms with Crippen LogP contribution in [0.5, 0.6) is 0 Å². The molecule has 15 heavy (non-hydrogen) atoms. The normalized spacial score (nSPS) is 12.5. The van der Waals surface area contributed by atoms with Gasteiger partial charge in [0.15, 0.2) is 0 Å². The monoisotopic (exact) mass is 287 g/mol. The molecule has 1 unspecified atom stereocenters. The van der Waals surface area contributed by atoms with Crippen LogP contribution in [0.1, 0.15) is 24.9 Å². The second-order valence-electron chi connectivity index (χ2n) is 3.42. The second kappa shape index (κ2) is 6.31. The lowest BCUT2D eigenvalue weighted by atomic mass is 10.1. The molecule has 1 rings (SSSR count). The van der Waals surface area contributed by atoms with Gasteiger partial charge in [-0.3, -0.25) is 0 Å². The van der Waals surface area contributed by atoms with Crippen molar-refractivity contribution in [3.05, 3.63) is 45.9 Å². The first-order valence-corrected chi connectivity index (χ1v) is 6.11. The molecule has 0 bridgehead atoms. The highest BCUT2D eigenvalue weighted by Crippen LogP contribution is 2.26. The number of hydrogen-bond acceptors (Lipinski definition) is 1. The molecule has 1 aromatic carbocycles. The Morgan fingerprint density at radius 1 is 1.60 bits per heavy atom. The van der Waals surface area contributed by atoms with Crippen molar-refractivity contribution >= 4 is 27.5 Å². The second-order valence-corrected chi connectivity index (χ2v) is 4.74. The van der Waals surface area contributed by atoms with Crippen molar-refractivity contribution in [2.45, 2.75) is 19.4 Å². The Morgan fingerprint density at radius 2 is 2.33 bits per heavy atom. The number of hydrogen-bond donors (Lipinski definition) is 1. The van der Waals surface area contributed by atoms with Crippen molar-refractivity contribution in [2.24, 2.45) is 0 Å². The Balaban J connectivity index is 2.64. The van der Waals surface area contributed by atoms with Gasteiger partial charge in [0.2, 0.25) is 0 Å². The lowest BCUT2D eigenvalue weighted by Crippen LogP contribution is -2.19. The van der Waals surface area contributed by atoms with E-state index < -0.39 is 0 Å². The zero-order valence-corrected chi connectivity index (χ0v) is 11.1. The van der Waals surface area contributed by atoms with Crippen LogP contribution >= 0.6 is 27.5 Å². The summed E-state index contributed by atoms with van der Waals surface area (Å²) in [7, 11) is 0. The number of halogens is 2. The van der Waals surface area contributed by atoms with Gasteiger partial charge < -0.3 is 5.32 Å². The quantitative estimate of drug-likeness (QED) is 0.628. The minimum atomic E-state index is 0.269. The SMILES string of the molecule is C=CCCNC(C)c1ccc(Br)cc1Cl. The van der Waals surface area contributed by atoms with E-state index in [1.54, 1.807) is 0 Å². The first-order chi connectivity index (χ1) is 7.15. The molecular formula is C12H15BrClN. The van der Waals surface area contributed by atoms with Crippen LogP contribution in [-0.2, 0) is 0 Å². The zero-order chi connectivity index (χ0) is 11.3. The van der Waals surface area contributed by atoms with E-state index in [2.05, 4.69) is 34.7 Å². The molecule has 0 spiro atoms. The van der Waals surface area contributed by atoms with Crippen LogP contribution in [0.25, 0.3) is 0 Å². The molecule has 0 aliphatic carbocycles. The molecule has 3 heteroatoms. The third-order valence-corrected chi connectivity index (χ3v) is 3.05. The Morgan fingerprint density at radius 3 is 2.93 bits per heavy atom. The van der Waals surface area contributed by atoms with Gasteiger partial charge in [-0.2, -0.15) is 0 Å². The van der Waals surface area contributed by atoms with Gasteiger partial charge in [-0.1, -0.05) is 39.7 Å². The van der Waals surface area contributed by atoms with Gasteiger partial charge in [-0.25, -0.2) is 0 Å². The number of rotatable bonds is 5. The molecule has 82 valence electrons. The van der Waals surface area contributed by atoms with Crippen LogP contribution in [0.4, 0.5) is 0 Å². The van der Waals surface area contributed by atoms with E-state index in [1.165, 1.54) is 0 Å². The van der Waals surface area contributed by atoms with Gasteiger partial charge in [0, 0.05) is 15.5 Å². The van der Waals surface area contributed by atoms with E-state index in [-0.39, 0.29) is 6.04 Å². The summed E-state index contributed by atoms with van der Waals surface area (Å²) in [6.45, 7) is 6.72. The van der Waals surface area contributed by atoms with Crippen LogP contribution in [0, 0.1) is 0 Å². The first-order valence-electron chi connectivity index (χ1n) is 4.94. The van der Waals surface area contributed by atoms with E-state index in [9.17, 15) is 0 Å². The van der Waals surface area contributed by atoms with Crippen molar-refractivity contribution in [1.82, 2.24) is 5.32 Å². The maximum absolute atomic E-state index is 6.15. The Bertz CT molecular complexity index is 338. The molecule has 1 nitrogen and oxygen atoms in total. The molecule has 1 aromatic rings. The van der Waals surface area contributed by atoms with Crippen LogP contribution in [-0.4, -0.2) is 6.54 Å². The highest BCUT2D eigenvalue weighted by Gasteiger charge is 2.08. The summed E-state index contributed by atoms with van der Waals surface area (Å²) in [6.07, 6.45) is 2.88. The van der Waals surface area contributed by atoms with Gasteiger partial charge in [0.05, 0.1) is 0 Å². The van der Waals surface area contributed by atoms with E-state index in [0.29, 0.717) is 0 Å². The van der Waals surface area contributed by atoms with Crippen molar-refractivity contribution in [3.8, 4) is 0 Å². The predicted octanol–water partition coefficient (Wildman–Crippen LogP) is 4.33. The molecule has 1 N–H and O–H groups in total. The fourth-order valence-corrected chi connectivity index (χ4v) is 2.20. The zero-order valence-electron chi connectivity index (χ0n) is 8.76. The highest BCUT2D eigenvalue weighted by atomic mass is 79.9. The summed E-state index contributed by atoms with van der Waals surface area (Å²) in [4.78, 5) is 0. The van der Waals surface area contributed by atoms with E-state index in [1.807, 2.05) is 24.3 Å². The summed E-state index contributed by atoms with van der Waals surface area (Å²) in [5, 5.41) is 4.18. The molecule has 0 fully saturated rings. The van der Waals surface area contributed by atoms with Crippen LogP contribution in [0.3, 0.4) is 0 Å². The van der Waals surface area contributed by atoms with E-state index in [0.717, 1.165) is 28.0 Å². The predicted molar refractivity (Wildman–Crippen MR) is 70.4 cm³/mol. The summed E-state index contributed by atoms with van der Waals surface area (Å²) in [6, 6.07) is 6.23. The molecule has 0 heterocycles. The average Bonchev–Trinajstić information content (AvgIpc) is 2.17. The average molecular weight is 289 g/mol. The van der Waals surface area contributed by atoms with E-state index >= 15 is 0 Å². The number of benzene rings is 1. The molecule has 0 radical (unpaired) electrons. The topological polar surface area (TPSA) is 12.0 Å². The van der Waals surface area contributed by atoms with Gasteiger partial charge in [0.25, 0.3) is 0 Å². The van der Waals surface area contributed by atoms with Gasteiger partial charge in [-0.15, -0.1) is 6.58 Å². The third-order valence-electron chi connectivity index (χ3n) is 2.23. The summed E-state index contributed by atoms with van der Waals surface area (Å²) < 4.78 is 1.01. The maximum Gasteiger partial charge on any atom is 0.0464 e. The Hall–Kier alpha value is -0.310. The lowest BCUT2D eigenvalue weighted by molar-refractivity contribution is 0.581. The van der Waals surface area contributed by atoms with Crippen molar-refractivity contribution < 1.29 is 0 Å². The smallest absolute Gasteiger partial charge is 0.0464 e. The molecular weight excluding hydrogens is 273 g/mol. The summed E-state index contributed by atoms with van der Waals surface area (Å²) in [5.74, 6) is 0. The third kappa shape index (κ3) is 3.98. The summed E-state index contributed by atoms with van der Waals surface area (Å²) >= 11 is 9.54. The van der Waals surface area contributed by atoms with Crippen LogP contribution in [0.2, 0.25) is 5.02 Å². The highest BCUT2D eigenvalue weighted by molar-refractivity contribution is 9.10. The van der Waals surface area contributed by atoms with E-state index in [4.69, 9.17) is 11.6 Å². The minimum Gasteiger partial charge on any atom is -0.310 e. The molecule has 0 aromatic heterocycles. The Labute approximate surface area is 105 Å². The summed E-state index contributed by atoms with van der Waals surface area (Å²) in [5.41, 5.74) is 1.13. The van der Waals surface area contributed by atoms with Crippen molar-refractivity contribution in [3.63, 3.8) is 0 Å². The minimum absolute atomic E-state index is 0.269. The maximum atomic E-state index is 6.15. The molecule has 0 amide bonds.